The van der Waals surface area contributed by atoms with Gasteiger partial charge in [0.2, 0.25) is 0 Å². The first-order chi connectivity index (χ1) is 10.1. The van der Waals surface area contributed by atoms with E-state index in [2.05, 4.69) is 10.1 Å². The zero-order chi connectivity index (χ0) is 15.7. The van der Waals surface area contributed by atoms with Crippen LogP contribution in [0.4, 0.5) is 0 Å². The number of hydrogen-bond donors (Lipinski definition) is 1. The van der Waals surface area contributed by atoms with Crippen molar-refractivity contribution in [3.05, 3.63) is 23.8 Å². The SMILES string of the molecule is CCCCNC(=O)COc1cc(OC)ccc1C(=O)OC. The van der Waals surface area contributed by atoms with Crippen molar-refractivity contribution in [3.8, 4) is 11.5 Å². The minimum Gasteiger partial charge on any atom is -0.497 e. The maximum Gasteiger partial charge on any atom is 0.341 e. The Hall–Kier alpha value is -2.24. The van der Waals surface area contributed by atoms with Gasteiger partial charge in [0.05, 0.1) is 14.2 Å². The van der Waals surface area contributed by atoms with Crippen LogP contribution in [0, 0.1) is 0 Å². The molecule has 0 saturated carbocycles. The zero-order valence-electron chi connectivity index (χ0n) is 12.6. The molecule has 0 radical (unpaired) electrons. The molecular weight excluding hydrogens is 274 g/mol. The van der Waals surface area contributed by atoms with Crippen LogP contribution in [-0.2, 0) is 9.53 Å². The third-order valence-electron chi connectivity index (χ3n) is 2.81. The van der Waals surface area contributed by atoms with Crippen molar-refractivity contribution in [1.82, 2.24) is 5.32 Å². The number of unbranched alkanes of at least 4 members (excludes halogenated alkanes) is 1. The Morgan fingerprint density at radius 2 is 2.00 bits per heavy atom. The third-order valence-corrected chi connectivity index (χ3v) is 2.81. The van der Waals surface area contributed by atoms with E-state index < -0.39 is 5.97 Å². The largest absolute Gasteiger partial charge is 0.497 e. The summed E-state index contributed by atoms with van der Waals surface area (Å²) in [5.74, 6) is 0.0250. The van der Waals surface area contributed by atoms with Gasteiger partial charge in [-0.3, -0.25) is 4.79 Å². The highest BCUT2D eigenvalue weighted by Crippen LogP contribution is 2.25. The lowest BCUT2D eigenvalue weighted by atomic mass is 10.2. The molecule has 0 aliphatic carbocycles. The molecule has 1 aromatic carbocycles. The van der Waals surface area contributed by atoms with Crippen molar-refractivity contribution >= 4 is 11.9 Å². The van der Waals surface area contributed by atoms with Gasteiger partial charge in [-0.05, 0) is 18.6 Å². The molecule has 1 aromatic rings. The van der Waals surface area contributed by atoms with Gasteiger partial charge in [0.15, 0.2) is 6.61 Å². The molecule has 0 bridgehead atoms. The minimum absolute atomic E-state index is 0.166. The Balaban J connectivity index is 2.71. The van der Waals surface area contributed by atoms with Crippen molar-refractivity contribution in [2.45, 2.75) is 19.8 Å². The van der Waals surface area contributed by atoms with Crippen LogP contribution in [-0.4, -0.2) is 39.2 Å². The second kappa shape index (κ2) is 8.84. The minimum atomic E-state index is -0.529. The molecule has 6 heteroatoms. The Morgan fingerprint density at radius 3 is 2.62 bits per heavy atom. The molecular formula is C15H21NO5. The van der Waals surface area contributed by atoms with Crippen LogP contribution in [0.3, 0.4) is 0 Å². The molecule has 1 rings (SSSR count). The summed E-state index contributed by atoms with van der Waals surface area (Å²) in [6.45, 7) is 2.49. The number of hydrogen-bond acceptors (Lipinski definition) is 5. The molecule has 0 atom stereocenters. The standard InChI is InChI=1S/C15H21NO5/c1-4-5-8-16-14(17)10-21-13-9-11(19-2)6-7-12(13)15(18)20-3/h6-7,9H,4-5,8,10H2,1-3H3,(H,16,17). The first-order valence-electron chi connectivity index (χ1n) is 6.78. The predicted octanol–water partition coefficient (Wildman–Crippen LogP) is 1.78. The molecule has 21 heavy (non-hydrogen) atoms. The predicted molar refractivity (Wildman–Crippen MR) is 77.7 cm³/mol. The number of ether oxygens (including phenoxy) is 3. The van der Waals surface area contributed by atoms with E-state index in [-0.39, 0.29) is 23.8 Å². The van der Waals surface area contributed by atoms with Crippen molar-refractivity contribution in [1.29, 1.82) is 0 Å². The van der Waals surface area contributed by atoms with Gasteiger partial charge in [-0.2, -0.15) is 0 Å². The fourth-order valence-corrected chi connectivity index (χ4v) is 1.63. The van der Waals surface area contributed by atoms with Gasteiger partial charge in [0, 0.05) is 12.6 Å². The summed E-state index contributed by atoms with van der Waals surface area (Å²) >= 11 is 0. The molecule has 6 nitrogen and oxygen atoms in total. The Kier molecular flexibility index (Phi) is 7.08. The normalized spacial score (nSPS) is 9.86. The lowest BCUT2D eigenvalue weighted by Crippen LogP contribution is -2.29. The van der Waals surface area contributed by atoms with Gasteiger partial charge in [0.25, 0.3) is 5.91 Å². The Bertz CT molecular complexity index is 487. The lowest BCUT2D eigenvalue weighted by Gasteiger charge is -2.11. The zero-order valence-corrected chi connectivity index (χ0v) is 12.6. The number of nitrogens with one attached hydrogen (secondary N) is 1. The van der Waals surface area contributed by atoms with E-state index in [1.165, 1.54) is 20.3 Å². The summed E-state index contributed by atoms with van der Waals surface area (Å²) in [6, 6.07) is 4.71. The summed E-state index contributed by atoms with van der Waals surface area (Å²) in [6.07, 6.45) is 1.92. The molecule has 0 aliphatic rings. The molecule has 0 spiro atoms. The summed E-state index contributed by atoms with van der Waals surface area (Å²) < 4.78 is 15.2. The fourth-order valence-electron chi connectivity index (χ4n) is 1.63. The van der Waals surface area contributed by atoms with Crippen LogP contribution in [0.2, 0.25) is 0 Å². The molecule has 0 unspecified atom stereocenters. The monoisotopic (exact) mass is 295 g/mol. The second-order valence-electron chi connectivity index (χ2n) is 4.35. The van der Waals surface area contributed by atoms with E-state index in [0.717, 1.165) is 12.8 Å². The second-order valence-corrected chi connectivity index (χ2v) is 4.35. The van der Waals surface area contributed by atoms with E-state index in [9.17, 15) is 9.59 Å². The van der Waals surface area contributed by atoms with E-state index in [0.29, 0.717) is 12.3 Å². The molecule has 0 fully saturated rings. The quantitative estimate of drug-likeness (QED) is 0.584. The maximum absolute atomic E-state index is 11.6. The van der Waals surface area contributed by atoms with E-state index in [1.807, 2.05) is 6.92 Å². The summed E-state index contributed by atoms with van der Waals surface area (Å²) in [5, 5.41) is 2.73. The summed E-state index contributed by atoms with van der Waals surface area (Å²) in [4.78, 5) is 23.3. The van der Waals surface area contributed by atoms with E-state index >= 15 is 0 Å². The van der Waals surface area contributed by atoms with Crippen molar-refractivity contribution in [2.75, 3.05) is 27.4 Å². The number of amides is 1. The highest BCUT2D eigenvalue weighted by Gasteiger charge is 2.15. The molecule has 1 amide bonds. The van der Waals surface area contributed by atoms with Crippen molar-refractivity contribution in [2.24, 2.45) is 0 Å². The van der Waals surface area contributed by atoms with Crippen LogP contribution in [0.5, 0.6) is 11.5 Å². The average molecular weight is 295 g/mol. The first kappa shape index (κ1) is 16.8. The smallest absolute Gasteiger partial charge is 0.341 e. The van der Waals surface area contributed by atoms with Crippen molar-refractivity contribution < 1.29 is 23.8 Å². The highest BCUT2D eigenvalue weighted by molar-refractivity contribution is 5.92. The lowest BCUT2D eigenvalue weighted by molar-refractivity contribution is -0.123. The van der Waals surface area contributed by atoms with Crippen molar-refractivity contribution in [3.63, 3.8) is 0 Å². The molecule has 0 aliphatic heterocycles. The number of rotatable bonds is 8. The Morgan fingerprint density at radius 1 is 1.24 bits per heavy atom. The maximum atomic E-state index is 11.6. The van der Waals surface area contributed by atoms with Gasteiger partial charge in [0.1, 0.15) is 17.1 Å². The number of carbonyl (C=O) groups excluding carboxylic acids is 2. The van der Waals surface area contributed by atoms with E-state index in [4.69, 9.17) is 9.47 Å². The fraction of sp³-hybridized carbons (Fsp3) is 0.467. The Labute approximate surface area is 124 Å². The molecule has 116 valence electrons. The topological polar surface area (TPSA) is 73.9 Å². The van der Waals surface area contributed by atoms with Crippen LogP contribution < -0.4 is 14.8 Å². The summed E-state index contributed by atoms with van der Waals surface area (Å²) in [7, 11) is 2.79. The number of esters is 1. The van der Waals surface area contributed by atoms with Crippen LogP contribution in [0.1, 0.15) is 30.1 Å². The molecule has 0 heterocycles. The van der Waals surface area contributed by atoms with Crippen LogP contribution in [0.25, 0.3) is 0 Å². The number of carbonyl (C=O) groups is 2. The van der Waals surface area contributed by atoms with Crippen LogP contribution >= 0.6 is 0 Å². The molecule has 0 saturated heterocycles. The van der Waals surface area contributed by atoms with Crippen LogP contribution in [0.15, 0.2) is 18.2 Å². The van der Waals surface area contributed by atoms with Gasteiger partial charge in [-0.25, -0.2) is 4.79 Å². The molecule has 0 aromatic heterocycles. The van der Waals surface area contributed by atoms with Gasteiger partial charge in [-0.15, -0.1) is 0 Å². The highest BCUT2D eigenvalue weighted by atomic mass is 16.5. The van der Waals surface area contributed by atoms with E-state index in [1.54, 1.807) is 12.1 Å². The average Bonchev–Trinajstić information content (AvgIpc) is 2.52. The number of methoxy groups -OCH3 is 2. The first-order valence-corrected chi connectivity index (χ1v) is 6.78. The van der Waals surface area contributed by atoms with Gasteiger partial charge >= 0.3 is 5.97 Å². The molecule has 1 N–H and O–H groups in total. The third kappa shape index (κ3) is 5.33. The summed E-state index contributed by atoms with van der Waals surface area (Å²) in [5.41, 5.74) is 0.250. The number of benzene rings is 1. The van der Waals surface area contributed by atoms with Gasteiger partial charge < -0.3 is 19.5 Å². The van der Waals surface area contributed by atoms with Gasteiger partial charge in [-0.1, -0.05) is 13.3 Å².